The van der Waals surface area contributed by atoms with E-state index in [1.165, 1.54) is 6.92 Å². The van der Waals surface area contributed by atoms with Gasteiger partial charge >= 0.3 is 0 Å². The molecule has 1 aromatic rings. The van der Waals surface area contributed by atoms with Gasteiger partial charge in [0, 0.05) is 31.3 Å². The molecule has 1 saturated heterocycles. The molecule has 0 saturated carbocycles. The number of hydrogen-bond donors (Lipinski definition) is 1. The zero-order chi connectivity index (χ0) is 14.7. The third-order valence-corrected chi connectivity index (χ3v) is 3.16. The van der Waals surface area contributed by atoms with Crippen molar-refractivity contribution in [3.05, 3.63) is 29.8 Å². The minimum Gasteiger partial charge on any atom is -0.372 e. The van der Waals surface area contributed by atoms with E-state index in [4.69, 9.17) is 4.74 Å². The summed E-state index contributed by atoms with van der Waals surface area (Å²) in [4.78, 5) is 25.2. The second-order valence-electron chi connectivity index (χ2n) is 5.23. The van der Waals surface area contributed by atoms with E-state index in [-0.39, 0.29) is 24.0 Å². The minimum absolute atomic E-state index is 0.00127. The van der Waals surface area contributed by atoms with Crippen LogP contribution in [0.25, 0.3) is 0 Å². The summed E-state index contributed by atoms with van der Waals surface area (Å²) in [7, 11) is 0. The van der Waals surface area contributed by atoms with E-state index in [0.717, 1.165) is 0 Å². The van der Waals surface area contributed by atoms with Crippen LogP contribution in [0.5, 0.6) is 0 Å². The molecule has 0 aromatic heterocycles. The number of nitrogens with zero attached hydrogens (tertiary/aromatic N) is 1. The number of hydrogen-bond acceptors (Lipinski definition) is 3. The normalized spacial score (nSPS) is 22.4. The van der Waals surface area contributed by atoms with E-state index in [0.29, 0.717) is 24.3 Å². The maximum absolute atomic E-state index is 12.4. The van der Waals surface area contributed by atoms with Crippen molar-refractivity contribution in [1.29, 1.82) is 0 Å². The van der Waals surface area contributed by atoms with Gasteiger partial charge in [-0.25, -0.2) is 0 Å². The van der Waals surface area contributed by atoms with Gasteiger partial charge in [0.1, 0.15) is 0 Å². The highest BCUT2D eigenvalue weighted by Gasteiger charge is 2.26. The highest BCUT2D eigenvalue weighted by atomic mass is 16.5. The number of benzene rings is 1. The van der Waals surface area contributed by atoms with E-state index in [1.807, 2.05) is 18.7 Å². The average molecular weight is 276 g/mol. The fraction of sp³-hybridized carbons (Fsp3) is 0.467. The van der Waals surface area contributed by atoms with Crippen LogP contribution in [-0.4, -0.2) is 42.0 Å². The fourth-order valence-electron chi connectivity index (χ4n) is 2.43. The van der Waals surface area contributed by atoms with Crippen LogP contribution in [0.1, 0.15) is 31.1 Å². The molecule has 1 aliphatic heterocycles. The van der Waals surface area contributed by atoms with Gasteiger partial charge in [-0.2, -0.15) is 0 Å². The molecule has 1 N–H and O–H groups in total. The van der Waals surface area contributed by atoms with E-state index in [9.17, 15) is 9.59 Å². The van der Waals surface area contributed by atoms with Crippen LogP contribution in [0.2, 0.25) is 0 Å². The summed E-state index contributed by atoms with van der Waals surface area (Å²) in [6.45, 7) is 6.61. The van der Waals surface area contributed by atoms with Crippen LogP contribution in [0.15, 0.2) is 24.3 Å². The zero-order valence-electron chi connectivity index (χ0n) is 12.1. The Morgan fingerprint density at radius 1 is 1.15 bits per heavy atom. The second-order valence-corrected chi connectivity index (χ2v) is 5.23. The first-order valence-corrected chi connectivity index (χ1v) is 6.78. The van der Waals surface area contributed by atoms with Crippen LogP contribution in [0.4, 0.5) is 5.69 Å². The molecule has 5 nitrogen and oxygen atoms in total. The standard InChI is InChI=1S/C15H20N2O3/c1-10-8-17(9-11(2)20-10)15(19)13-4-6-14(7-5-13)16-12(3)18/h4-7,10-11H,8-9H2,1-3H3,(H,16,18)/t10-,11-/m1/s1. The summed E-state index contributed by atoms with van der Waals surface area (Å²) in [5.74, 6) is -0.124. The Morgan fingerprint density at radius 2 is 1.70 bits per heavy atom. The van der Waals surface area contributed by atoms with Crippen molar-refractivity contribution in [2.45, 2.75) is 33.0 Å². The van der Waals surface area contributed by atoms with Gasteiger partial charge in [-0.05, 0) is 38.1 Å². The molecule has 0 aliphatic carbocycles. The van der Waals surface area contributed by atoms with Gasteiger partial charge in [0.05, 0.1) is 12.2 Å². The van der Waals surface area contributed by atoms with Crippen LogP contribution >= 0.6 is 0 Å². The number of carbonyl (C=O) groups excluding carboxylic acids is 2. The largest absolute Gasteiger partial charge is 0.372 e. The number of carbonyl (C=O) groups is 2. The molecular formula is C15H20N2O3. The number of morpholine rings is 1. The van der Waals surface area contributed by atoms with E-state index >= 15 is 0 Å². The number of anilines is 1. The van der Waals surface area contributed by atoms with Gasteiger partial charge in [0.2, 0.25) is 5.91 Å². The van der Waals surface area contributed by atoms with Crippen molar-refractivity contribution >= 4 is 17.5 Å². The van der Waals surface area contributed by atoms with E-state index in [1.54, 1.807) is 24.3 Å². The summed E-state index contributed by atoms with van der Waals surface area (Å²) < 4.78 is 5.62. The van der Waals surface area contributed by atoms with Gasteiger partial charge < -0.3 is 15.0 Å². The maximum Gasteiger partial charge on any atom is 0.254 e. The topological polar surface area (TPSA) is 58.6 Å². The molecule has 108 valence electrons. The molecule has 2 rings (SSSR count). The lowest BCUT2D eigenvalue weighted by molar-refractivity contribution is -0.114. The lowest BCUT2D eigenvalue weighted by Gasteiger charge is -2.35. The molecule has 1 aliphatic rings. The smallest absolute Gasteiger partial charge is 0.254 e. The third-order valence-electron chi connectivity index (χ3n) is 3.16. The zero-order valence-corrected chi connectivity index (χ0v) is 12.1. The summed E-state index contributed by atoms with van der Waals surface area (Å²) >= 11 is 0. The molecule has 1 heterocycles. The molecule has 2 atom stereocenters. The van der Waals surface area contributed by atoms with Crippen molar-refractivity contribution in [3.8, 4) is 0 Å². The van der Waals surface area contributed by atoms with Gasteiger partial charge in [-0.15, -0.1) is 0 Å². The first-order chi connectivity index (χ1) is 9.45. The first kappa shape index (κ1) is 14.5. The van der Waals surface area contributed by atoms with Gasteiger partial charge in [-0.1, -0.05) is 0 Å². The van der Waals surface area contributed by atoms with Crippen LogP contribution < -0.4 is 5.32 Å². The van der Waals surface area contributed by atoms with Crippen molar-refractivity contribution in [3.63, 3.8) is 0 Å². The van der Waals surface area contributed by atoms with E-state index < -0.39 is 0 Å². The highest BCUT2D eigenvalue weighted by molar-refractivity contribution is 5.95. The Hall–Kier alpha value is -1.88. The number of rotatable bonds is 2. The Kier molecular flexibility index (Phi) is 4.39. The third kappa shape index (κ3) is 3.57. The molecule has 1 fully saturated rings. The molecular weight excluding hydrogens is 256 g/mol. The number of amides is 2. The van der Waals surface area contributed by atoms with E-state index in [2.05, 4.69) is 5.32 Å². The lowest BCUT2D eigenvalue weighted by Crippen LogP contribution is -2.48. The molecule has 0 unspecified atom stereocenters. The minimum atomic E-state index is -0.125. The predicted molar refractivity (Wildman–Crippen MR) is 76.7 cm³/mol. The predicted octanol–water partition coefficient (Wildman–Crippen LogP) is 1.89. The Balaban J connectivity index is 2.07. The summed E-state index contributed by atoms with van der Waals surface area (Å²) in [5.41, 5.74) is 1.32. The van der Waals surface area contributed by atoms with Gasteiger partial charge in [0.15, 0.2) is 0 Å². The average Bonchev–Trinajstić information content (AvgIpc) is 2.37. The molecule has 0 radical (unpaired) electrons. The SMILES string of the molecule is CC(=O)Nc1ccc(C(=O)N2C[C@@H](C)O[C@H](C)C2)cc1. The van der Waals surface area contributed by atoms with Gasteiger partial charge in [0.25, 0.3) is 5.91 Å². The molecule has 5 heteroatoms. The molecule has 1 aromatic carbocycles. The van der Waals surface area contributed by atoms with Crippen LogP contribution in [0.3, 0.4) is 0 Å². The molecule has 20 heavy (non-hydrogen) atoms. The van der Waals surface area contributed by atoms with Crippen molar-refractivity contribution in [1.82, 2.24) is 4.90 Å². The molecule has 2 amide bonds. The molecule has 0 bridgehead atoms. The second kappa shape index (κ2) is 6.05. The van der Waals surface area contributed by atoms with Crippen LogP contribution in [-0.2, 0) is 9.53 Å². The number of nitrogens with one attached hydrogen (secondary N) is 1. The summed E-state index contributed by atoms with van der Waals surface area (Å²) in [6.07, 6.45) is 0.114. The van der Waals surface area contributed by atoms with Crippen LogP contribution in [0, 0.1) is 0 Å². The Morgan fingerprint density at radius 3 is 2.20 bits per heavy atom. The number of ether oxygens (including phenoxy) is 1. The maximum atomic E-state index is 12.4. The quantitative estimate of drug-likeness (QED) is 0.897. The Bertz CT molecular complexity index is 488. The first-order valence-electron chi connectivity index (χ1n) is 6.78. The summed E-state index contributed by atoms with van der Waals surface area (Å²) in [5, 5.41) is 2.68. The molecule has 0 spiro atoms. The van der Waals surface area contributed by atoms with Gasteiger partial charge in [-0.3, -0.25) is 9.59 Å². The highest BCUT2D eigenvalue weighted by Crippen LogP contribution is 2.16. The fourth-order valence-corrected chi connectivity index (χ4v) is 2.43. The monoisotopic (exact) mass is 276 g/mol. The Labute approximate surface area is 118 Å². The van der Waals surface area contributed by atoms with Crippen molar-refractivity contribution < 1.29 is 14.3 Å². The summed E-state index contributed by atoms with van der Waals surface area (Å²) in [6, 6.07) is 6.95. The van der Waals surface area contributed by atoms with Crippen molar-refractivity contribution in [2.75, 3.05) is 18.4 Å². The van der Waals surface area contributed by atoms with Crippen molar-refractivity contribution in [2.24, 2.45) is 0 Å². The lowest BCUT2D eigenvalue weighted by atomic mass is 10.1.